The van der Waals surface area contributed by atoms with Gasteiger partial charge in [0.1, 0.15) is 11.2 Å². The SMILES string of the molecule is c1cc(-c2cccc3ccccc23)cc(N(c2ccc(-c3ccc(-c4ccc5ccccc5c4)cc3)cc2)c2cccc3oc4ccccc4c23)c1. The van der Waals surface area contributed by atoms with Gasteiger partial charge in [0.05, 0.1) is 11.1 Å². The Morgan fingerprint density at radius 3 is 1.75 bits per heavy atom. The van der Waals surface area contributed by atoms with Crippen molar-refractivity contribution in [2.75, 3.05) is 4.90 Å². The van der Waals surface area contributed by atoms with E-state index in [1.165, 1.54) is 54.9 Å². The van der Waals surface area contributed by atoms with Gasteiger partial charge in [-0.3, -0.25) is 0 Å². The first-order valence-electron chi connectivity index (χ1n) is 17.8. The van der Waals surface area contributed by atoms with Crippen LogP contribution >= 0.6 is 0 Å². The van der Waals surface area contributed by atoms with E-state index in [4.69, 9.17) is 4.42 Å². The van der Waals surface area contributed by atoms with E-state index in [2.05, 4.69) is 193 Å². The summed E-state index contributed by atoms with van der Waals surface area (Å²) in [6.07, 6.45) is 0. The van der Waals surface area contributed by atoms with Crippen molar-refractivity contribution in [3.8, 4) is 33.4 Å². The molecule has 0 aliphatic carbocycles. The number of rotatable bonds is 6. The second kappa shape index (κ2) is 12.5. The summed E-state index contributed by atoms with van der Waals surface area (Å²) >= 11 is 0. The van der Waals surface area contributed by atoms with Crippen molar-refractivity contribution in [2.24, 2.45) is 0 Å². The van der Waals surface area contributed by atoms with Gasteiger partial charge < -0.3 is 9.32 Å². The summed E-state index contributed by atoms with van der Waals surface area (Å²) in [5.74, 6) is 0. The standard InChI is InChI=1S/C50H33NO/c1-2-12-39-32-40(27-26-34(39)10-1)37-24-22-35(23-25-37)36-28-30-42(31-29-36)51(47-19-9-21-49-50(47)46-17-5-6-20-48(46)52-49)43-15-7-14-41(33-43)45-18-8-13-38-11-3-4-16-44(38)45/h1-33H. The molecule has 0 radical (unpaired) electrons. The number of hydrogen-bond donors (Lipinski definition) is 0. The fraction of sp³-hybridized carbons (Fsp3) is 0. The Balaban J connectivity index is 1.07. The predicted octanol–water partition coefficient (Wildman–Crippen LogP) is 14.4. The van der Waals surface area contributed by atoms with Crippen LogP contribution < -0.4 is 4.90 Å². The van der Waals surface area contributed by atoms with Crippen molar-refractivity contribution in [1.29, 1.82) is 0 Å². The van der Waals surface area contributed by atoms with Crippen molar-refractivity contribution in [3.63, 3.8) is 0 Å². The molecule has 0 unspecified atom stereocenters. The highest BCUT2D eigenvalue weighted by atomic mass is 16.3. The quantitative estimate of drug-likeness (QED) is 0.176. The molecule has 10 rings (SSSR count). The second-order valence-corrected chi connectivity index (χ2v) is 13.3. The Morgan fingerprint density at radius 1 is 0.327 bits per heavy atom. The summed E-state index contributed by atoms with van der Waals surface area (Å²) < 4.78 is 6.37. The third kappa shape index (κ3) is 5.21. The van der Waals surface area contributed by atoms with Crippen LogP contribution in [0.2, 0.25) is 0 Å². The fourth-order valence-corrected chi connectivity index (χ4v) is 7.69. The lowest BCUT2D eigenvalue weighted by Gasteiger charge is -2.27. The molecule has 10 aromatic rings. The normalized spacial score (nSPS) is 11.5. The summed E-state index contributed by atoms with van der Waals surface area (Å²) in [4.78, 5) is 2.37. The average molecular weight is 664 g/mol. The lowest BCUT2D eigenvalue weighted by Crippen LogP contribution is -2.10. The molecular formula is C50H33NO. The van der Waals surface area contributed by atoms with Crippen LogP contribution in [0.1, 0.15) is 0 Å². The lowest BCUT2D eigenvalue weighted by atomic mass is 9.97. The highest BCUT2D eigenvalue weighted by Crippen LogP contribution is 2.44. The first-order valence-corrected chi connectivity index (χ1v) is 17.8. The number of furan rings is 1. The van der Waals surface area contributed by atoms with Crippen molar-refractivity contribution in [2.45, 2.75) is 0 Å². The van der Waals surface area contributed by atoms with Gasteiger partial charge in [0.2, 0.25) is 0 Å². The molecular weight excluding hydrogens is 631 g/mol. The molecule has 1 heterocycles. The maximum absolute atomic E-state index is 6.37. The smallest absolute Gasteiger partial charge is 0.137 e. The lowest BCUT2D eigenvalue weighted by molar-refractivity contribution is 0.669. The number of fused-ring (bicyclic) bond motifs is 5. The topological polar surface area (TPSA) is 16.4 Å². The van der Waals surface area contributed by atoms with E-state index in [0.29, 0.717) is 0 Å². The van der Waals surface area contributed by atoms with Gasteiger partial charge in [-0.25, -0.2) is 0 Å². The largest absolute Gasteiger partial charge is 0.456 e. The van der Waals surface area contributed by atoms with Crippen molar-refractivity contribution in [3.05, 3.63) is 200 Å². The molecule has 0 aliphatic heterocycles. The van der Waals surface area contributed by atoms with Crippen LogP contribution in [0, 0.1) is 0 Å². The molecule has 244 valence electrons. The second-order valence-electron chi connectivity index (χ2n) is 13.3. The number of anilines is 3. The van der Waals surface area contributed by atoms with Gasteiger partial charge >= 0.3 is 0 Å². The Hall–Kier alpha value is -6.90. The van der Waals surface area contributed by atoms with E-state index in [9.17, 15) is 0 Å². The van der Waals surface area contributed by atoms with E-state index in [1.54, 1.807) is 0 Å². The summed E-state index contributed by atoms with van der Waals surface area (Å²) in [6, 6.07) is 71.7. The molecule has 9 aromatic carbocycles. The van der Waals surface area contributed by atoms with Crippen LogP contribution in [0.25, 0.3) is 76.9 Å². The van der Waals surface area contributed by atoms with Gasteiger partial charge in [0, 0.05) is 16.8 Å². The molecule has 1 aromatic heterocycles. The van der Waals surface area contributed by atoms with Gasteiger partial charge in [0.25, 0.3) is 0 Å². The average Bonchev–Trinajstić information content (AvgIpc) is 3.61. The Labute approximate surface area is 302 Å². The number of para-hydroxylation sites is 1. The monoisotopic (exact) mass is 663 g/mol. The van der Waals surface area contributed by atoms with Crippen molar-refractivity contribution >= 4 is 60.5 Å². The van der Waals surface area contributed by atoms with Crippen LogP contribution in [0.5, 0.6) is 0 Å². The van der Waals surface area contributed by atoms with Crippen LogP contribution in [0.3, 0.4) is 0 Å². The van der Waals surface area contributed by atoms with Gasteiger partial charge in [-0.15, -0.1) is 0 Å². The summed E-state index contributed by atoms with van der Waals surface area (Å²) in [5.41, 5.74) is 12.2. The number of nitrogens with zero attached hydrogens (tertiary/aromatic N) is 1. The molecule has 0 fully saturated rings. The molecule has 2 heteroatoms. The van der Waals surface area contributed by atoms with Crippen molar-refractivity contribution in [1.82, 2.24) is 0 Å². The predicted molar refractivity (Wildman–Crippen MR) is 220 cm³/mol. The van der Waals surface area contributed by atoms with E-state index in [-0.39, 0.29) is 0 Å². The van der Waals surface area contributed by atoms with Crippen molar-refractivity contribution < 1.29 is 4.42 Å². The van der Waals surface area contributed by atoms with E-state index < -0.39 is 0 Å². The maximum Gasteiger partial charge on any atom is 0.137 e. The minimum Gasteiger partial charge on any atom is -0.456 e. The Kier molecular flexibility index (Phi) is 7.18. The van der Waals surface area contributed by atoms with Crippen LogP contribution in [-0.4, -0.2) is 0 Å². The zero-order valence-electron chi connectivity index (χ0n) is 28.4. The van der Waals surface area contributed by atoms with Gasteiger partial charge in [-0.05, 0) is 103 Å². The molecule has 52 heavy (non-hydrogen) atoms. The molecule has 0 saturated heterocycles. The summed E-state index contributed by atoms with van der Waals surface area (Å²) in [5, 5.41) is 7.19. The minimum atomic E-state index is 0.872. The molecule has 2 nitrogen and oxygen atoms in total. The van der Waals surface area contributed by atoms with E-state index >= 15 is 0 Å². The van der Waals surface area contributed by atoms with E-state index in [0.717, 1.165) is 39.0 Å². The fourth-order valence-electron chi connectivity index (χ4n) is 7.69. The third-order valence-corrected chi connectivity index (χ3v) is 10.3. The van der Waals surface area contributed by atoms with Gasteiger partial charge in [-0.2, -0.15) is 0 Å². The molecule has 0 spiro atoms. The summed E-state index contributed by atoms with van der Waals surface area (Å²) in [7, 11) is 0. The number of hydrogen-bond acceptors (Lipinski definition) is 2. The highest BCUT2D eigenvalue weighted by molar-refractivity contribution is 6.13. The highest BCUT2D eigenvalue weighted by Gasteiger charge is 2.20. The van der Waals surface area contributed by atoms with Crippen LogP contribution in [0.4, 0.5) is 17.1 Å². The molecule has 0 atom stereocenters. The van der Waals surface area contributed by atoms with Crippen LogP contribution in [-0.2, 0) is 0 Å². The molecule has 0 amide bonds. The minimum absolute atomic E-state index is 0.872. The molecule has 0 aliphatic rings. The van der Waals surface area contributed by atoms with Crippen LogP contribution in [0.15, 0.2) is 205 Å². The maximum atomic E-state index is 6.37. The first-order chi connectivity index (χ1) is 25.8. The molecule has 0 N–H and O–H groups in total. The van der Waals surface area contributed by atoms with Gasteiger partial charge in [0.15, 0.2) is 0 Å². The first kappa shape index (κ1) is 30.0. The zero-order valence-corrected chi connectivity index (χ0v) is 28.4. The Morgan fingerprint density at radius 2 is 0.923 bits per heavy atom. The Bertz CT molecular complexity index is 2890. The molecule has 0 saturated carbocycles. The zero-order chi connectivity index (χ0) is 34.4. The van der Waals surface area contributed by atoms with Gasteiger partial charge in [-0.1, -0.05) is 152 Å². The third-order valence-electron chi connectivity index (χ3n) is 10.3. The van der Waals surface area contributed by atoms with E-state index in [1.807, 2.05) is 12.1 Å². The number of benzene rings is 9. The molecule has 0 bridgehead atoms. The summed E-state index contributed by atoms with van der Waals surface area (Å²) in [6.45, 7) is 0.